The zero-order valence-electron chi connectivity index (χ0n) is 16.5. The molecular weight excluding hydrogens is 446 g/mol. The average Bonchev–Trinajstić information content (AvgIpc) is 2.78. The van der Waals surface area contributed by atoms with Gasteiger partial charge in [-0.1, -0.05) is 24.3 Å². The van der Waals surface area contributed by atoms with Gasteiger partial charge in [-0.3, -0.25) is 4.98 Å². The number of halogens is 1. The molecule has 7 heteroatoms. The van der Waals surface area contributed by atoms with Crippen LogP contribution >= 0.6 is 15.9 Å². The molecule has 30 heavy (non-hydrogen) atoms. The second-order valence-corrected chi connectivity index (χ2v) is 7.46. The number of benzene rings is 2. The molecular formula is C23H20BrN3O3. The van der Waals surface area contributed by atoms with Crippen LogP contribution in [0.2, 0.25) is 0 Å². The fourth-order valence-electron chi connectivity index (χ4n) is 3.42. The molecule has 1 atom stereocenters. The van der Waals surface area contributed by atoms with Gasteiger partial charge in [0.1, 0.15) is 17.1 Å². The molecule has 2 N–H and O–H groups in total. The number of aromatic hydroxyl groups is 1. The van der Waals surface area contributed by atoms with Crippen molar-refractivity contribution in [3.8, 4) is 17.2 Å². The Morgan fingerprint density at radius 1 is 0.967 bits per heavy atom. The van der Waals surface area contributed by atoms with Crippen molar-refractivity contribution in [3.63, 3.8) is 0 Å². The van der Waals surface area contributed by atoms with E-state index >= 15 is 0 Å². The lowest BCUT2D eigenvalue weighted by Crippen LogP contribution is -2.14. The van der Waals surface area contributed by atoms with Crippen molar-refractivity contribution in [1.82, 2.24) is 9.97 Å². The van der Waals surface area contributed by atoms with Crippen molar-refractivity contribution >= 4 is 32.7 Å². The van der Waals surface area contributed by atoms with E-state index in [2.05, 4.69) is 31.2 Å². The molecule has 4 aromatic rings. The molecule has 0 spiro atoms. The number of rotatable bonds is 6. The Morgan fingerprint density at radius 2 is 1.80 bits per heavy atom. The molecule has 0 bridgehead atoms. The molecule has 0 saturated carbocycles. The number of methoxy groups -OCH3 is 2. The Morgan fingerprint density at radius 3 is 2.53 bits per heavy atom. The number of pyridine rings is 2. The molecule has 2 aromatic heterocycles. The topological polar surface area (TPSA) is 76.5 Å². The Kier molecular flexibility index (Phi) is 5.72. The summed E-state index contributed by atoms with van der Waals surface area (Å²) in [6.45, 7) is 0. The third kappa shape index (κ3) is 3.76. The Labute approximate surface area is 182 Å². The minimum absolute atomic E-state index is 0.118. The Hall–Kier alpha value is -3.32. The predicted octanol–water partition coefficient (Wildman–Crippen LogP) is 5.32. The molecule has 0 saturated heterocycles. The molecule has 0 aliphatic carbocycles. The van der Waals surface area contributed by atoms with E-state index in [9.17, 15) is 5.11 Å². The first-order valence-corrected chi connectivity index (χ1v) is 10.1. The van der Waals surface area contributed by atoms with Crippen molar-refractivity contribution in [2.24, 2.45) is 0 Å². The van der Waals surface area contributed by atoms with Crippen LogP contribution in [-0.4, -0.2) is 29.3 Å². The lowest BCUT2D eigenvalue weighted by atomic mass is 9.95. The maximum Gasteiger partial charge on any atom is 0.174 e. The van der Waals surface area contributed by atoms with E-state index in [1.54, 1.807) is 26.6 Å². The third-order valence-corrected chi connectivity index (χ3v) is 5.43. The number of hydrogen-bond donors (Lipinski definition) is 2. The maximum atomic E-state index is 11.1. The highest BCUT2D eigenvalue weighted by atomic mass is 79.9. The van der Waals surface area contributed by atoms with Crippen LogP contribution in [0, 0.1) is 0 Å². The third-order valence-electron chi connectivity index (χ3n) is 4.84. The average molecular weight is 466 g/mol. The van der Waals surface area contributed by atoms with Crippen molar-refractivity contribution in [1.29, 1.82) is 0 Å². The molecule has 0 aliphatic rings. The lowest BCUT2D eigenvalue weighted by molar-refractivity contribution is 0.352. The number of phenolic OH excluding ortho intramolecular Hbond substituents is 1. The second-order valence-electron chi connectivity index (χ2n) is 6.61. The second kappa shape index (κ2) is 8.59. The largest absolute Gasteiger partial charge is 0.505 e. The molecule has 152 valence electrons. The summed E-state index contributed by atoms with van der Waals surface area (Å²) in [6.07, 6.45) is 3.38. The van der Waals surface area contributed by atoms with Crippen LogP contribution in [-0.2, 0) is 0 Å². The molecule has 0 amide bonds. The summed E-state index contributed by atoms with van der Waals surface area (Å²) in [5.74, 6) is 1.97. The van der Waals surface area contributed by atoms with E-state index in [1.807, 2.05) is 54.6 Å². The molecule has 4 rings (SSSR count). The van der Waals surface area contributed by atoms with Gasteiger partial charge < -0.3 is 19.9 Å². The van der Waals surface area contributed by atoms with Crippen molar-refractivity contribution in [2.45, 2.75) is 6.04 Å². The number of anilines is 1. The van der Waals surface area contributed by atoms with Gasteiger partial charge in [0.05, 0.1) is 24.7 Å². The number of nitrogens with one attached hydrogen (secondary N) is 1. The summed E-state index contributed by atoms with van der Waals surface area (Å²) >= 11 is 3.56. The van der Waals surface area contributed by atoms with Gasteiger partial charge in [-0.15, -0.1) is 0 Å². The van der Waals surface area contributed by atoms with Crippen LogP contribution in [0.15, 0.2) is 71.5 Å². The van der Waals surface area contributed by atoms with Gasteiger partial charge in [0.25, 0.3) is 0 Å². The van der Waals surface area contributed by atoms with Crippen molar-refractivity contribution in [2.75, 3.05) is 19.5 Å². The van der Waals surface area contributed by atoms with Crippen LogP contribution in [0.5, 0.6) is 17.2 Å². The fourth-order valence-corrected chi connectivity index (χ4v) is 4.04. The number of phenols is 1. The smallest absolute Gasteiger partial charge is 0.174 e. The minimum Gasteiger partial charge on any atom is -0.505 e. The van der Waals surface area contributed by atoms with Gasteiger partial charge in [0.2, 0.25) is 0 Å². The SMILES string of the molecule is COc1cc([C@H](Nc2ccccn2)c2ccc3cccnc3c2O)cc(Br)c1OC. The summed E-state index contributed by atoms with van der Waals surface area (Å²) < 4.78 is 11.7. The van der Waals surface area contributed by atoms with Crippen LogP contribution in [0.4, 0.5) is 5.82 Å². The molecule has 2 heterocycles. The molecule has 0 aliphatic heterocycles. The fraction of sp³-hybridized carbons (Fsp3) is 0.130. The predicted molar refractivity (Wildman–Crippen MR) is 120 cm³/mol. The van der Waals surface area contributed by atoms with E-state index in [0.717, 1.165) is 15.4 Å². The van der Waals surface area contributed by atoms with Crippen LogP contribution < -0.4 is 14.8 Å². The normalized spacial score (nSPS) is 11.8. The zero-order chi connectivity index (χ0) is 21.1. The van der Waals surface area contributed by atoms with Gasteiger partial charge in [0, 0.05) is 23.3 Å². The van der Waals surface area contributed by atoms with Gasteiger partial charge in [-0.25, -0.2) is 4.98 Å². The first-order valence-electron chi connectivity index (χ1n) is 9.28. The van der Waals surface area contributed by atoms with Gasteiger partial charge in [-0.2, -0.15) is 0 Å². The van der Waals surface area contributed by atoms with E-state index in [4.69, 9.17) is 9.47 Å². The van der Waals surface area contributed by atoms with Crippen LogP contribution in [0.25, 0.3) is 10.9 Å². The number of ether oxygens (including phenoxy) is 2. The van der Waals surface area contributed by atoms with E-state index in [0.29, 0.717) is 28.4 Å². The highest BCUT2D eigenvalue weighted by Crippen LogP contribution is 2.42. The first kappa shape index (κ1) is 20.0. The van der Waals surface area contributed by atoms with Gasteiger partial charge in [-0.05, 0) is 51.8 Å². The Bertz CT molecular complexity index is 1190. The first-order chi connectivity index (χ1) is 14.6. The van der Waals surface area contributed by atoms with Gasteiger partial charge in [0.15, 0.2) is 11.5 Å². The monoisotopic (exact) mass is 465 g/mol. The van der Waals surface area contributed by atoms with E-state index in [-0.39, 0.29) is 5.75 Å². The minimum atomic E-state index is -0.414. The summed E-state index contributed by atoms with van der Waals surface area (Å²) in [5.41, 5.74) is 2.07. The Balaban J connectivity index is 1.90. The maximum absolute atomic E-state index is 11.1. The van der Waals surface area contributed by atoms with Crippen molar-refractivity contribution in [3.05, 3.63) is 82.6 Å². The molecule has 6 nitrogen and oxygen atoms in total. The van der Waals surface area contributed by atoms with Crippen LogP contribution in [0.1, 0.15) is 17.2 Å². The number of aromatic nitrogens is 2. The number of nitrogens with zero attached hydrogens (tertiary/aromatic N) is 2. The molecule has 0 radical (unpaired) electrons. The highest BCUT2D eigenvalue weighted by Gasteiger charge is 2.23. The zero-order valence-corrected chi connectivity index (χ0v) is 18.1. The summed E-state index contributed by atoms with van der Waals surface area (Å²) in [5, 5.41) is 15.3. The summed E-state index contributed by atoms with van der Waals surface area (Å²) in [6, 6.07) is 16.6. The van der Waals surface area contributed by atoms with E-state index in [1.165, 1.54) is 0 Å². The standard InChI is InChI=1S/C23H20BrN3O3/c1-29-18-13-15(12-17(24)23(18)30-2)20(27-19-7-3-4-10-25-19)16-9-8-14-6-5-11-26-21(14)22(16)28/h3-13,20,28H,1-2H3,(H,25,27)/t20-/m0/s1. The summed E-state index contributed by atoms with van der Waals surface area (Å²) in [7, 11) is 3.18. The van der Waals surface area contributed by atoms with Crippen molar-refractivity contribution < 1.29 is 14.6 Å². The van der Waals surface area contributed by atoms with Gasteiger partial charge >= 0.3 is 0 Å². The number of hydrogen-bond acceptors (Lipinski definition) is 6. The highest BCUT2D eigenvalue weighted by molar-refractivity contribution is 9.10. The molecule has 0 unspecified atom stereocenters. The van der Waals surface area contributed by atoms with Crippen LogP contribution in [0.3, 0.4) is 0 Å². The lowest BCUT2D eigenvalue weighted by Gasteiger charge is -2.23. The summed E-state index contributed by atoms with van der Waals surface area (Å²) in [4.78, 5) is 8.74. The molecule has 0 fully saturated rings. The number of fused-ring (bicyclic) bond motifs is 1. The van der Waals surface area contributed by atoms with E-state index < -0.39 is 6.04 Å². The quantitative estimate of drug-likeness (QED) is 0.401. The molecule has 2 aromatic carbocycles.